The van der Waals surface area contributed by atoms with Gasteiger partial charge in [0.1, 0.15) is 0 Å². The highest BCUT2D eigenvalue weighted by Crippen LogP contribution is 2.49. The lowest BCUT2D eigenvalue weighted by molar-refractivity contribution is 0.590. The topological polar surface area (TPSA) is 36.0 Å². The van der Waals surface area contributed by atoms with Crippen molar-refractivity contribution in [1.29, 1.82) is 0 Å². The molecule has 396 valence electrons. The van der Waals surface area contributed by atoms with Gasteiger partial charge in [-0.3, -0.25) is 0 Å². The number of benzene rings is 9. The van der Waals surface area contributed by atoms with Crippen molar-refractivity contribution in [2.75, 3.05) is 0 Å². The van der Waals surface area contributed by atoms with Crippen LogP contribution in [0.2, 0.25) is 0 Å². The minimum atomic E-state index is -0.105. The van der Waals surface area contributed by atoms with Crippen LogP contribution in [-0.4, -0.2) is 14.4 Å². The van der Waals surface area contributed by atoms with Gasteiger partial charge < -0.3 is 14.4 Å². The number of rotatable bonds is 4. The summed E-state index contributed by atoms with van der Waals surface area (Å²) in [7, 11) is 0. The van der Waals surface area contributed by atoms with E-state index in [4.69, 9.17) is 0 Å². The van der Waals surface area contributed by atoms with Gasteiger partial charge in [-0.2, -0.15) is 0 Å². The summed E-state index contributed by atoms with van der Waals surface area (Å²) < 4.78 is 4.60. The zero-order chi connectivity index (χ0) is 55.8. The van der Waals surface area contributed by atoms with Gasteiger partial charge in [0.25, 0.3) is 0 Å². The summed E-state index contributed by atoms with van der Waals surface area (Å²) in [5, 5.41) is 10.2. The van der Waals surface area contributed by atoms with E-state index in [9.17, 15) is 0 Å². The van der Waals surface area contributed by atoms with Crippen molar-refractivity contribution in [2.45, 2.75) is 131 Å². The molecule has 4 aromatic heterocycles. The molecule has 13 rings (SSSR count). The molecule has 0 saturated carbocycles. The van der Waals surface area contributed by atoms with Gasteiger partial charge in [-0.15, -0.1) is 0 Å². The second kappa shape index (κ2) is 17.4. The number of aromatic nitrogens is 3. The molecule has 2 N–H and O–H groups in total. The maximum Gasteiger partial charge on any atom is 0.0620 e. The summed E-state index contributed by atoms with van der Waals surface area (Å²) >= 11 is 8.49. The van der Waals surface area contributed by atoms with Crippen LogP contribution in [0.4, 0.5) is 0 Å². The average molecular weight is 1160 g/mol. The summed E-state index contributed by atoms with van der Waals surface area (Å²) in [5.74, 6) is 0. The quantitative estimate of drug-likeness (QED) is 0.176. The lowest BCUT2D eigenvalue weighted by Crippen LogP contribution is -2.11. The minimum Gasteiger partial charge on any atom is -0.354 e. The fourth-order valence-electron chi connectivity index (χ4n) is 12.4. The number of nitrogens with one attached hydrogen (secondary N) is 2. The van der Waals surface area contributed by atoms with Crippen LogP contribution < -0.4 is 0 Å². The lowest BCUT2D eigenvalue weighted by atomic mass is 9.83. The third kappa shape index (κ3) is 8.46. The van der Waals surface area contributed by atoms with E-state index in [1.165, 1.54) is 115 Å². The zero-order valence-corrected chi connectivity index (χ0v) is 51.7. The first-order valence-electron chi connectivity index (χ1n) is 28.2. The van der Waals surface area contributed by atoms with Gasteiger partial charge in [0.15, 0.2) is 0 Å². The molecule has 5 heteroatoms. The van der Waals surface area contributed by atoms with Gasteiger partial charge >= 0.3 is 0 Å². The van der Waals surface area contributed by atoms with Gasteiger partial charge in [-0.05, 0) is 173 Å². The van der Waals surface area contributed by atoms with Crippen LogP contribution in [0.25, 0.3) is 126 Å². The summed E-state index contributed by atoms with van der Waals surface area (Å²) in [5.41, 5.74) is 24.4. The third-order valence-corrected chi connectivity index (χ3v) is 18.6. The van der Waals surface area contributed by atoms with Crippen molar-refractivity contribution < 1.29 is 0 Å². The lowest BCUT2D eigenvalue weighted by Gasteiger charge is -2.21. The summed E-state index contributed by atoms with van der Waals surface area (Å²) in [6.07, 6.45) is 0. The first kappa shape index (κ1) is 51.8. The van der Waals surface area contributed by atoms with Crippen molar-refractivity contribution in [2.24, 2.45) is 0 Å². The van der Waals surface area contributed by atoms with Gasteiger partial charge in [-0.25, -0.2) is 0 Å². The molecule has 79 heavy (non-hydrogen) atoms. The Morgan fingerprint density at radius 1 is 0.291 bits per heavy atom. The molecule has 0 unspecified atom stereocenters. The minimum absolute atomic E-state index is 0.0192. The molecule has 0 spiro atoms. The van der Waals surface area contributed by atoms with Crippen molar-refractivity contribution in [3.05, 3.63) is 182 Å². The molecule has 0 atom stereocenters. The van der Waals surface area contributed by atoms with Crippen molar-refractivity contribution >= 4 is 114 Å². The number of H-pyrrole nitrogens is 2. The third-order valence-electron chi connectivity index (χ3n) is 17.3. The number of fused-ring (bicyclic) bond motifs is 12. The Bertz CT molecular complexity index is 4650. The van der Waals surface area contributed by atoms with Crippen molar-refractivity contribution in [3.8, 4) is 44.5 Å². The molecule has 9 aromatic carbocycles. The van der Waals surface area contributed by atoms with E-state index in [1.807, 2.05) is 0 Å². The van der Waals surface area contributed by atoms with E-state index >= 15 is 0 Å². The molecular formula is C74H71Br2N3. The Morgan fingerprint density at radius 2 is 0.709 bits per heavy atom. The zero-order valence-electron chi connectivity index (χ0n) is 48.6. The van der Waals surface area contributed by atoms with E-state index in [1.54, 1.807) is 0 Å². The normalized spacial score (nSPS) is 13.4. The monoisotopic (exact) mass is 1160 g/mol. The summed E-state index contributed by atoms with van der Waals surface area (Å²) in [6, 6.07) is 56.5. The molecule has 0 saturated heterocycles. The molecule has 3 nitrogen and oxygen atoms in total. The fraction of sp³-hybridized carbons (Fsp3) is 0.270. The Hall–Kier alpha value is -6.66. The molecule has 0 bridgehead atoms. The molecule has 0 amide bonds. The number of hydrogen-bond acceptors (Lipinski definition) is 0. The van der Waals surface area contributed by atoms with Gasteiger partial charge in [-0.1, -0.05) is 196 Å². The predicted octanol–water partition coefficient (Wildman–Crippen LogP) is 22.8. The standard InChI is InChI=1S/C74H71Br2N3/c1-70(2,3)44-21-16-40(17-22-44)42-20-26-63-51(28-42)56-30-43(41-18-23-45(24-19-41)71(4,5)6)29-55(67(56)77-63)49-37-62(76)50(38-61(49)75)57-32-47(73(10,11)12)33-58-52-36-54-60-35-48(74(13,14)15)34-59-53-31-46(72(7,8)9)25-27-65(53)79(69(59)60)66(54)39-64(52)78-68(57)58/h16-39,77-78H,1-15H3. The average Bonchev–Trinajstić information content (AvgIpc) is 3.41. The Labute approximate surface area is 482 Å². The Kier molecular flexibility index (Phi) is 11.4. The molecule has 0 aliphatic carbocycles. The second-order valence-corrected chi connectivity index (χ2v) is 29.7. The second-order valence-electron chi connectivity index (χ2n) is 28.0. The number of nitrogens with zero attached hydrogens (tertiary/aromatic N) is 1. The van der Waals surface area contributed by atoms with Crippen LogP contribution in [0.5, 0.6) is 0 Å². The van der Waals surface area contributed by atoms with Crippen LogP contribution >= 0.6 is 31.9 Å². The molecule has 0 fully saturated rings. The Balaban J connectivity index is 1.01. The van der Waals surface area contributed by atoms with Crippen LogP contribution in [0.3, 0.4) is 0 Å². The first-order chi connectivity index (χ1) is 37.1. The van der Waals surface area contributed by atoms with Crippen LogP contribution in [0.1, 0.15) is 132 Å². The number of halogens is 2. The van der Waals surface area contributed by atoms with E-state index in [0.717, 1.165) is 47.7 Å². The van der Waals surface area contributed by atoms with E-state index in [-0.39, 0.29) is 27.1 Å². The van der Waals surface area contributed by atoms with Crippen LogP contribution in [0.15, 0.2) is 155 Å². The maximum atomic E-state index is 4.25. The predicted molar refractivity (Wildman–Crippen MR) is 350 cm³/mol. The van der Waals surface area contributed by atoms with Crippen LogP contribution in [-0.2, 0) is 27.1 Å². The van der Waals surface area contributed by atoms with Crippen LogP contribution in [0, 0.1) is 0 Å². The fourth-order valence-corrected chi connectivity index (χ4v) is 13.5. The highest BCUT2D eigenvalue weighted by atomic mass is 79.9. The van der Waals surface area contributed by atoms with E-state index in [2.05, 4.69) is 296 Å². The summed E-state index contributed by atoms with van der Waals surface area (Å²) in [6.45, 7) is 34.6. The largest absolute Gasteiger partial charge is 0.354 e. The summed E-state index contributed by atoms with van der Waals surface area (Å²) in [4.78, 5) is 7.99. The Morgan fingerprint density at radius 3 is 1.27 bits per heavy atom. The van der Waals surface area contributed by atoms with Gasteiger partial charge in [0.05, 0.1) is 27.6 Å². The first-order valence-corrected chi connectivity index (χ1v) is 29.8. The number of hydrogen-bond donors (Lipinski definition) is 2. The van der Waals surface area contributed by atoms with Crippen molar-refractivity contribution in [3.63, 3.8) is 0 Å². The van der Waals surface area contributed by atoms with E-state index in [0.29, 0.717) is 0 Å². The molecular weight excluding hydrogens is 1090 g/mol. The molecule has 13 aromatic rings. The maximum absolute atomic E-state index is 4.25. The highest BCUT2D eigenvalue weighted by Gasteiger charge is 2.28. The van der Waals surface area contributed by atoms with Gasteiger partial charge in [0, 0.05) is 74.2 Å². The van der Waals surface area contributed by atoms with Crippen molar-refractivity contribution in [1.82, 2.24) is 14.4 Å². The molecule has 0 aliphatic heterocycles. The van der Waals surface area contributed by atoms with Gasteiger partial charge in [0.2, 0.25) is 0 Å². The molecule has 0 radical (unpaired) electrons. The number of aromatic amines is 2. The SMILES string of the molecule is CC(C)(C)c1ccc(-c2ccc3[nH]c4c(-c5cc(Br)c(-c6cc(C(C)(C)C)cc7c6[nH]c6cc8c(cc67)c6cc(C(C)(C)C)cc7c9cc(C(C)(C)C)ccc9n8c76)cc5Br)cc(-c5ccc(C(C)(C)C)cc5)cc4c3c2)cc1. The van der Waals surface area contributed by atoms with E-state index < -0.39 is 0 Å². The highest BCUT2D eigenvalue weighted by molar-refractivity contribution is 9.11. The smallest absolute Gasteiger partial charge is 0.0620 e. The molecule has 0 aliphatic rings. The molecule has 4 heterocycles.